The maximum atomic E-state index is 13.3. The second-order valence-corrected chi connectivity index (χ2v) is 6.89. The molecule has 3 heterocycles. The zero-order valence-electron chi connectivity index (χ0n) is 13.8. The molecular formula is C15H22F3N5O. The first-order valence-corrected chi connectivity index (χ1v) is 8.29. The van der Waals surface area contributed by atoms with E-state index in [2.05, 4.69) is 15.4 Å². The Hall–Kier alpha value is -1.80. The molecule has 6 nitrogen and oxygen atoms in total. The molecule has 0 radical (unpaired) electrons. The Balaban J connectivity index is 1.68. The van der Waals surface area contributed by atoms with Crippen molar-refractivity contribution in [3.05, 3.63) is 6.33 Å². The second-order valence-electron chi connectivity index (χ2n) is 6.89. The standard InChI is InChI=1S/C15H22F3N5O/c1-9(2)13(24)22-5-3-10(4-6-22)11-7-12(15(16,17)18)23-14(21-11)19-8-20-23/h8-12H,3-7H2,1-2H3,(H,19,20,21)/t11-,12+/m0/s1. The first-order chi connectivity index (χ1) is 11.3. The van der Waals surface area contributed by atoms with Gasteiger partial charge in [0, 0.05) is 25.0 Å². The van der Waals surface area contributed by atoms with Crippen molar-refractivity contribution in [1.29, 1.82) is 0 Å². The molecule has 0 aliphatic carbocycles. The van der Waals surface area contributed by atoms with Crippen LogP contribution in [0.1, 0.15) is 39.2 Å². The molecule has 1 fully saturated rings. The van der Waals surface area contributed by atoms with Crippen LogP contribution in [0, 0.1) is 11.8 Å². The number of aromatic nitrogens is 3. The van der Waals surface area contributed by atoms with E-state index in [1.54, 1.807) is 0 Å². The third kappa shape index (κ3) is 3.21. The molecule has 3 rings (SSSR count). The number of hydrogen-bond acceptors (Lipinski definition) is 4. The monoisotopic (exact) mass is 345 g/mol. The number of fused-ring (bicyclic) bond motifs is 1. The molecule has 0 saturated carbocycles. The molecule has 2 atom stereocenters. The number of halogens is 3. The summed E-state index contributed by atoms with van der Waals surface area (Å²) in [5, 5.41) is 6.81. The van der Waals surface area contributed by atoms with Gasteiger partial charge in [-0.05, 0) is 25.2 Å². The highest BCUT2D eigenvalue weighted by atomic mass is 19.4. The van der Waals surface area contributed by atoms with Crippen LogP contribution in [-0.2, 0) is 4.79 Å². The molecule has 2 aliphatic heterocycles. The van der Waals surface area contributed by atoms with E-state index in [-0.39, 0.29) is 36.2 Å². The molecule has 134 valence electrons. The summed E-state index contributed by atoms with van der Waals surface area (Å²) in [7, 11) is 0. The van der Waals surface area contributed by atoms with E-state index in [4.69, 9.17) is 0 Å². The number of amides is 1. The lowest BCUT2D eigenvalue weighted by atomic mass is 9.84. The van der Waals surface area contributed by atoms with Gasteiger partial charge in [0.1, 0.15) is 6.33 Å². The smallest absolute Gasteiger partial charge is 0.351 e. The van der Waals surface area contributed by atoms with Gasteiger partial charge in [-0.15, -0.1) is 0 Å². The number of alkyl halides is 3. The fraction of sp³-hybridized carbons (Fsp3) is 0.800. The maximum absolute atomic E-state index is 13.3. The first-order valence-electron chi connectivity index (χ1n) is 8.29. The number of likely N-dealkylation sites (tertiary alicyclic amines) is 1. The zero-order valence-corrected chi connectivity index (χ0v) is 13.8. The SMILES string of the molecule is CC(C)C(=O)N1CCC([C@@H]2C[C@H](C(F)(F)F)n3ncnc3N2)CC1. The van der Waals surface area contributed by atoms with Crippen LogP contribution >= 0.6 is 0 Å². The minimum atomic E-state index is -4.35. The predicted molar refractivity (Wildman–Crippen MR) is 81.3 cm³/mol. The van der Waals surface area contributed by atoms with Gasteiger partial charge in [-0.25, -0.2) is 4.68 Å². The highest BCUT2D eigenvalue weighted by Crippen LogP contribution is 2.41. The van der Waals surface area contributed by atoms with Crippen molar-refractivity contribution in [1.82, 2.24) is 19.7 Å². The fourth-order valence-corrected chi connectivity index (χ4v) is 3.62. The number of carbonyl (C=O) groups is 1. The summed E-state index contributed by atoms with van der Waals surface area (Å²) in [6.07, 6.45) is -1.85. The lowest BCUT2D eigenvalue weighted by molar-refractivity contribution is -0.174. The molecule has 1 amide bonds. The average Bonchev–Trinajstić information content (AvgIpc) is 3.00. The maximum Gasteiger partial charge on any atom is 0.411 e. The summed E-state index contributed by atoms with van der Waals surface area (Å²) in [4.78, 5) is 17.8. The zero-order chi connectivity index (χ0) is 17.5. The Labute approximate surface area is 138 Å². The molecule has 1 aromatic rings. The molecule has 0 spiro atoms. The average molecular weight is 345 g/mol. The molecule has 0 unspecified atom stereocenters. The number of piperidine rings is 1. The Morgan fingerprint density at radius 2 is 2.00 bits per heavy atom. The highest BCUT2D eigenvalue weighted by Gasteiger charge is 2.48. The number of carbonyl (C=O) groups excluding carboxylic acids is 1. The van der Waals surface area contributed by atoms with Gasteiger partial charge in [-0.1, -0.05) is 13.8 Å². The lowest BCUT2D eigenvalue weighted by Crippen LogP contribution is -2.47. The third-order valence-corrected chi connectivity index (χ3v) is 4.95. The molecule has 0 bridgehead atoms. The van der Waals surface area contributed by atoms with Crippen molar-refractivity contribution in [2.75, 3.05) is 18.4 Å². The lowest BCUT2D eigenvalue weighted by Gasteiger charge is -2.40. The van der Waals surface area contributed by atoms with Crippen molar-refractivity contribution in [3.8, 4) is 0 Å². The van der Waals surface area contributed by atoms with Crippen LogP contribution < -0.4 is 5.32 Å². The topological polar surface area (TPSA) is 63.1 Å². The minimum Gasteiger partial charge on any atom is -0.351 e. The molecule has 0 aromatic carbocycles. The molecular weight excluding hydrogens is 323 g/mol. The summed E-state index contributed by atoms with van der Waals surface area (Å²) in [5.74, 6) is 0.325. The van der Waals surface area contributed by atoms with Crippen molar-refractivity contribution < 1.29 is 18.0 Å². The van der Waals surface area contributed by atoms with Crippen molar-refractivity contribution in [3.63, 3.8) is 0 Å². The Morgan fingerprint density at radius 1 is 1.33 bits per heavy atom. The number of nitrogens with one attached hydrogen (secondary N) is 1. The molecule has 2 aliphatic rings. The van der Waals surface area contributed by atoms with Gasteiger partial charge in [0.05, 0.1) is 0 Å². The third-order valence-electron chi connectivity index (χ3n) is 4.95. The van der Waals surface area contributed by atoms with Crippen LogP contribution in [-0.4, -0.2) is 50.9 Å². The van der Waals surface area contributed by atoms with Crippen molar-refractivity contribution in [2.45, 2.75) is 51.4 Å². The number of hydrogen-bond donors (Lipinski definition) is 1. The van der Waals surface area contributed by atoms with Gasteiger partial charge in [0.15, 0.2) is 6.04 Å². The minimum absolute atomic E-state index is 0.0529. The van der Waals surface area contributed by atoms with E-state index in [0.717, 1.165) is 11.0 Å². The molecule has 1 N–H and O–H groups in total. The van der Waals surface area contributed by atoms with Gasteiger partial charge in [0.25, 0.3) is 0 Å². The van der Waals surface area contributed by atoms with E-state index >= 15 is 0 Å². The van der Waals surface area contributed by atoms with Crippen LogP contribution in [0.15, 0.2) is 6.33 Å². The van der Waals surface area contributed by atoms with E-state index in [1.807, 2.05) is 18.7 Å². The van der Waals surface area contributed by atoms with Crippen molar-refractivity contribution in [2.24, 2.45) is 11.8 Å². The summed E-state index contributed by atoms with van der Waals surface area (Å²) in [6.45, 7) is 4.92. The number of anilines is 1. The van der Waals surface area contributed by atoms with E-state index in [1.165, 1.54) is 0 Å². The summed E-state index contributed by atoms with van der Waals surface area (Å²) >= 11 is 0. The molecule has 9 heteroatoms. The van der Waals surface area contributed by atoms with Gasteiger partial charge in [-0.3, -0.25) is 4.79 Å². The number of rotatable bonds is 2. The molecule has 1 saturated heterocycles. The molecule has 24 heavy (non-hydrogen) atoms. The van der Waals surface area contributed by atoms with E-state index in [9.17, 15) is 18.0 Å². The van der Waals surface area contributed by atoms with Crippen LogP contribution in [0.25, 0.3) is 0 Å². The van der Waals surface area contributed by atoms with Crippen LogP contribution in [0.4, 0.5) is 19.1 Å². The Morgan fingerprint density at radius 3 is 2.58 bits per heavy atom. The quantitative estimate of drug-likeness (QED) is 0.894. The van der Waals surface area contributed by atoms with Crippen LogP contribution in [0.2, 0.25) is 0 Å². The van der Waals surface area contributed by atoms with E-state index < -0.39 is 12.2 Å². The van der Waals surface area contributed by atoms with Gasteiger partial charge >= 0.3 is 6.18 Å². The summed E-state index contributed by atoms with van der Waals surface area (Å²) in [6, 6.07) is -1.94. The summed E-state index contributed by atoms with van der Waals surface area (Å²) in [5.41, 5.74) is 0. The highest BCUT2D eigenvalue weighted by molar-refractivity contribution is 5.78. The van der Waals surface area contributed by atoms with Gasteiger partial charge < -0.3 is 10.2 Å². The second kappa shape index (κ2) is 6.25. The van der Waals surface area contributed by atoms with Gasteiger partial charge in [0.2, 0.25) is 11.9 Å². The van der Waals surface area contributed by atoms with Crippen LogP contribution in [0.5, 0.6) is 0 Å². The summed E-state index contributed by atoms with van der Waals surface area (Å²) < 4.78 is 40.9. The van der Waals surface area contributed by atoms with E-state index in [0.29, 0.717) is 25.9 Å². The fourth-order valence-electron chi connectivity index (χ4n) is 3.62. The normalized spacial score (nSPS) is 25.5. The Kier molecular flexibility index (Phi) is 4.44. The van der Waals surface area contributed by atoms with Crippen molar-refractivity contribution >= 4 is 11.9 Å². The number of nitrogens with zero attached hydrogens (tertiary/aromatic N) is 4. The van der Waals surface area contributed by atoms with Gasteiger partial charge in [-0.2, -0.15) is 23.3 Å². The largest absolute Gasteiger partial charge is 0.411 e. The first kappa shape index (κ1) is 17.0. The Bertz CT molecular complexity index is 592. The predicted octanol–water partition coefficient (Wildman–Crippen LogP) is 2.46. The van der Waals surface area contributed by atoms with Crippen LogP contribution in [0.3, 0.4) is 0 Å². The molecule has 1 aromatic heterocycles.